The third-order valence-electron chi connectivity index (χ3n) is 4.85. The highest BCUT2D eigenvalue weighted by Crippen LogP contribution is 2.11. The molecule has 0 radical (unpaired) electrons. The number of carbonyl (C=O) groups is 1. The summed E-state index contributed by atoms with van der Waals surface area (Å²) in [5.41, 5.74) is 3.03. The Labute approximate surface area is 192 Å². The summed E-state index contributed by atoms with van der Waals surface area (Å²) in [6.45, 7) is 12.9. The zero-order chi connectivity index (χ0) is 20.4. The first kappa shape index (κ1) is 25.4. The second-order valence-electron chi connectivity index (χ2n) is 7.44. The molecule has 1 amide bonds. The van der Waals surface area contributed by atoms with Crippen LogP contribution in [0.25, 0.3) is 0 Å². The van der Waals surface area contributed by atoms with Gasteiger partial charge in [-0.3, -0.25) is 14.7 Å². The first-order valence-corrected chi connectivity index (χ1v) is 10.2. The van der Waals surface area contributed by atoms with Gasteiger partial charge in [-0.05, 0) is 50.8 Å². The Kier molecular flexibility index (Phi) is 11.9. The Bertz CT molecular complexity index is 684. The Morgan fingerprint density at radius 2 is 2.03 bits per heavy atom. The molecule has 29 heavy (non-hydrogen) atoms. The number of aliphatic imine (C=N–C) groups is 1. The van der Waals surface area contributed by atoms with E-state index in [-0.39, 0.29) is 29.9 Å². The van der Waals surface area contributed by atoms with E-state index in [0.717, 1.165) is 57.0 Å². The largest absolute Gasteiger partial charge is 0.357 e. The lowest BCUT2D eigenvalue weighted by atomic mass is 10.0. The first-order chi connectivity index (χ1) is 13.5. The van der Waals surface area contributed by atoms with Gasteiger partial charge in [-0.2, -0.15) is 0 Å². The number of amides is 1. The van der Waals surface area contributed by atoms with Crippen molar-refractivity contribution in [2.24, 2.45) is 4.99 Å². The van der Waals surface area contributed by atoms with Gasteiger partial charge in [-0.15, -0.1) is 24.0 Å². The van der Waals surface area contributed by atoms with E-state index in [1.165, 1.54) is 5.57 Å². The highest BCUT2D eigenvalue weighted by molar-refractivity contribution is 14.0. The first-order valence-electron chi connectivity index (χ1n) is 10.2. The maximum Gasteiger partial charge on any atom is 0.251 e. The highest BCUT2D eigenvalue weighted by Gasteiger charge is 2.19. The molecular weight excluding hydrogens is 477 g/mol. The van der Waals surface area contributed by atoms with Crippen LogP contribution in [0.2, 0.25) is 0 Å². The quantitative estimate of drug-likeness (QED) is 0.217. The number of hydrogen-bond acceptors (Lipinski definition) is 3. The van der Waals surface area contributed by atoms with Gasteiger partial charge in [0, 0.05) is 51.4 Å². The van der Waals surface area contributed by atoms with E-state index in [1.54, 1.807) is 7.05 Å². The van der Waals surface area contributed by atoms with Gasteiger partial charge >= 0.3 is 0 Å². The van der Waals surface area contributed by atoms with E-state index < -0.39 is 0 Å². The molecule has 1 aromatic carbocycles. The lowest BCUT2D eigenvalue weighted by molar-refractivity contribution is 0.0963. The van der Waals surface area contributed by atoms with Crippen molar-refractivity contribution >= 4 is 35.8 Å². The lowest BCUT2D eigenvalue weighted by Crippen LogP contribution is -2.48. The number of hydrogen-bond donors (Lipinski definition) is 3. The average molecular weight is 513 g/mol. The summed E-state index contributed by atoms with van der Waals surface area (Å²) < 4.78 is 0. The van der Waals surface area contributed by atoms with Crippen molar-refractivity contribution in [2.45, 2.75) is 39.2 Å². The maximum absolute atomic E-state index is 11.8. The molecule has 1 saturated heterocycles. The van der Waals surface area contributed by atoms with Gasteiger partial charge in [0.25, 0.3) is 5.91 Å². The molecule has 6 nitrogen and oxygen atoms in total. The number of benzene rings is 1. The number of nitrogens with one attached hydrogen (secondary N) is 3. The maximum atomic E-state index is 11.8. The van der Waals surface area contributed by atoms with Crippen LogP contribution < -0.4 is 16.0 Å². The molecule has 162 valence electrons. The van der Waals surface area contributed by atoms with E-state index in [0.29, 0.717) is 18.2 Å². The number of halogens is 1. The van der Waals surface area contributed by atoms with Crippen LogP contribution in [0.5, 0.6) is 0 Å². The normalized spacial score (nSPS) is 15.3. The molecule has 0 spiro atoms. The van der Waals surface area contributed by atoms with E-state index in [2.05, 4.69) is 41.3 Å². The Morgan fingerprint density at radius 3 is 2.66 bits per heavy atom. The van der Waals surface area contributed by atoms with Crippen molar-refractivity contribution in [3.63, 3.8) is 0 Å². The van der Waals surface area contributed by atoms with Gasteiger partial charge in [0.05, 0.1) is 0 Å². The van der Waals surface area contributed by atoms with Crippen LogP contribution in [-0.2, 0) is 6.42 Å². The molecule has 0 aromatic heterocycles. The van der Waals surface area contributed by atoms with Crippen LogP contribution >= 0.6 is 24.0 Å². The molecule has 1 aliphatic rings. The van der Waals surface area contributed by atoms with Crippen LogP contribution in [0.3, 0.4) is 0 Å². The summed E-state index contributed by atoms with van der Waals surface area (Å²) in [5, 5.41) is 9.59. The molecule has 2 rings (SSSR count). The van der Waals surface area contributed by atoms with Gasteiger partial charge in [-0.1, -0.05) is 24.3 Å². The van der Waals surface area contributed by atoms with E-state index in [4.69, 9.17) is 4.99 Å². The van der Waals surface area contributed by atoms with Crippen LogP contribution in [-0.4, -0.2) is 62.6 Å². The van der Waals surface area contributed by atoms with Crippen molar-refractivity contribution in [3.8, 4) is 0 Å². The highest BCUT2D eigenvalue weighted by atomic mass is 127. The van der Waals surface area contributed by atoms with Gasteiger partial charge < -0.3 is 16.0 Å². The summed E-state index contributed by atoms with van der Waals surface area (Å²) in [7, 11) is 1.65. The number of carbonyl (C=O) groups excluding carboxylic acids is 1. The molecule has 0 unspecified atom stereocenters. The Morgan fingerprint density at radius 1 is 1.31 bits per heavy atom. The molecule has 7 heteroatoms. The molecule has 1 fully saturated rings. The topological polar surface area (TPSA) is 68.8 Å². The van der Waals surface area contributed by atoms with Crippen molar-refractivity contribution in [1.82, 2.24) is 20.9 Å². The fraction of sp³-hybridized carbons (Fsp3) is 0.545. The molecule has 0 aliphatic carbocycles. The predicted molar refractivity (Wildman–Crippen MR) is 132 cm³/mol. The van der Waals surface area contributed by atoms with E-state index in [1.807, 2.05) is 24.3 Å². The Hall–Kier alpha value is -1.61. The minimum absolute atomic E-state index is 0. The summed E-state index contributed by atoms with van der Waals surface area (Å²) >= 11 is 0. The smallest absolute Gasteiger partial charge is 0.251 e. The zero-order valence-electron chi connectivity index (χ0n) is 18.0. The monoisotopic (exact) mass is 513 g/mol. The molecule has 0 saturated carbocycles. The molecule has 1 aliphatic heterocycles. The number of nitrogens with zero attached hydrogens (tertiary/aromatic N) is 2. The van der Waals surface area contributed by atoms with Crippen LogP contribution in [0.1, 0.15) is 42.6 Å². The second-order valence-corrected chi connectivity index (χ2v) is 7.44. The van der Waals surface area contributed by atoms with Crippen LogP contribution in [0.15, 0.2) is 41.4 Å². The van der Waals surface area contributed by atoms with Crippen molar-refractivity contribution in [2.75, 3.05) is 39.8 Å². The van der Waals surface area contributed by atoms with Gasteiger partial charge in [-0.25, -0.2) is 0 Å². The fourth-order valence-electron chi connectivity index (χ4n) is 3.44. The number of piperidine rings is 1. The standard InChI is InChI=1S/C22H35N5O.HI/c1-5-24-22(26-20-10-13-27(14-11-20)16-17(2)3)25-12-9-18-7-6-8-19(15-18)21(28)23-4;/h6-8,15,20H,2,5,9-14,16H2,1,3-4H3,(H,23,28)(H2,24,25,26);1H. The fourth-order valence-corrected chi connectivity index (χ4v) is 3.44. The van der Waals surface area contributed by atoms with Gasteiger partial charge in [0.2, 0.25) is 0 Å². The molecule has 3 N–H and O–H groups in total. The minimum Gasteiger partial charge on any atom is -0.357 e. The van der Waals surface area contributed by atoms with Crippen molar-refractivity contribution in [3.05, 3.63) is 47.5 Å². The summed E-state index contributed by atoms with van der Waals surface area (Å²) in [5.74, 6) is 0.821. The molecular formula is C22H36IN5O. The van der Waals surface area contributed by atoms with Crippen molar-refractivity contribution in [1.29, 1.82) is 0 Å². The number of rotatable bonds is 8. The zero-order valence-corrected chi connectivity index (χ0v) is 20.3. The third kappa shape index (κ3) is 9.16. The number of guanidine groups is 1. The average Bonchev–Trinajstić information content (AvgIpc) is 2.69. The SMILES string of the molecule is C=C(C)CN1CCC(NC(=NCCc2cccc(C(=O)NC)c2)NCC)CC1.I. The third-order valence-corrected chi connectivity index (χ3v) is 4.85. The summed E-state index contributed by atoms with van der Waals surface area (Å²) in [4.78, 5) is 19.0. The molecule has 0 bridgehead atoms. The Balaban J connectivity index is 0.00000420. The van der Waals surface area contributed by atoms with Crippen LogP contribution in [0.4, 0.5) is 0 Å². The summed E-state index contributed by atoms with van der Waals surface area (Å²) in [6.07, 6.45) is 3.04. The number of likely N-dealkylation sites (tertiary alicyclic amines) is 1. The second kappa shape index (κ2) is 13.6. The van der Waals surface area contributed by atoms with Gasteiger partial charge in [0.1, 0.15) is 0 Å². The van der Waals surface area contributed by atoms with E-state index >= 15 is 0 Å². The molecule has 0 atom stereocenters. The van der Waals surface area contributed by atoms with Crippen molar-refractivity contribution < 1.29 is 4.79 Å². The lowest BCUT2D eigenvalue weighted by Gasteiger charge is -2.33. The van der Waals surface area contributed by atoms with Gasteiger partial charge in [0.15, 0.2) is 5.96 Å². The van der Waals surface area contributed by atoms with Crippen LogP contribution in [0, 0.1) is 0 Å². The van der Waals surface area contributed by atoms with E-state index in [9.17, 15) is 4.79 Å². The summed E-state index contributed by atoms with van der Waals surface area (Å²) in [6, 6.07) is 8.19. The predicted octanol–water partition coefficient (Wildman–Crippen LogP) is 2.80. The minimum atomic E-state index is -0.0571. The molecule has 1 aromatic rings. The molecule has 1 heterocycles.